The normalized spacial score (nSPS) is 14.8. The Labute approximate surface area is 133 Å². The van der Waals surface area contributed by atoms with E-state index < -0.39 is 4.92 Å². The van der Waals surface area contributed by atoms with Crippen molar-refractivity contribution in [3.63, 3.8) is 0 Å². The molecule has 0 bridgehead atoms. The van der Waals surface area contributed by atoms with Gasteiger partial charge in [-0.1, -0.05) is 0 Å². The van der Waals surface area contributed by atoms with Crippen molar-refractivity contribution in [3.8, 4) is 11.8 Å². The second-order valence-corrected chi connectivity index (χ2v) is 5.51. The van der Waals surface area contributed by atoms with Crippen LogP contribution in [0.25, 0.3) is 0 Å². The molecule has 122 valence electrons. The van der Waals surface area contributed by atoms with Gasteiger partial charge in [-0.3, -0.25) is 10.1 Å². The molecule has 0 saturated carbocycles. The number of hydrogen-bond acceptors (Lipinski definition) is 7. The number of aromatic nitrogens is 4. The molecule has 9 nitrogen and oxygen atoms in total. The Bertz CT molecular complexity index is 723. The van der Waals surface area contributed by atoms with Crippen molar-refractivity contribution in [1.82, 2.24) is 19.7 Å². The molecule has 0 spiro atoms. The first kappa shape index (κ1) is 15.2. The number of ether oxygens (including phenoxy) is 1. The zero-order valence-electron chi connectivity index (χ0n) is 13.1. The van der Waals surface area contributed by atoms with Crippen molar-refractivity contribution in [3.05, 3.63) is 28.2 Å². The molecule has 1 saturated heterocycles. The van der Waals surface area contributed by atoms with E-state index in [1.54, 1.807) is 13.1 Å². The molecule has 3 rings (SSSR count). The fourth-order valence-corrected chi connectivity index (χ4v) is 2.71. The summed E-state index contributed by atoms with van der Waals surface area (Å²) < 4.78 is 7.15. The molecule has 0 amide bonds. The van der Waals surface area contributed by atoms with Crippen LogP contribution < -0.4 is 9.64 Å². The molecule has 2 aromatic rings. The fraction of sp³-hybridized carbons (Fsp3) is 0.500. The van der Waals surface area contributed by atoms with Gasteiger partial charge in [0.15, 0.2) is 0 Å². The highest BCUT2D eigenvalue weighted by molar-refractivity contribution is 5.63. The van der Waals surface area contributed by atoms with E-state index in [0.717, 1.165) is 38.0 Å². The van der Waals surface area contributed by atoms with Gasteiger partial charge in [0.2, 0.25) is 11.7 Å². The van der Waals surface area contributed by atoms with E-state index in [9.17, 15) is 10.1 Å². The smallest absolute Gasteiger partial charge is 0.373 e. The number of piperidine rings is 1. The van der Waals surface area contributed by atoms with E-state index in [1.807, 2.05) is 11.8 Å². The maximum atomic E-state index is 11.6. The van der Waals surface area contributed by atoms with E-state index >= 15 is 0 Å². The SMILES string of the molecule is Cc1cc(Oc2ncnc(N3CCCCC3)c2[N+](=O)[O-])n(C)n1. The van der Waals surface area contributed by atoms with Crippen LogP contribution in [0, 0.1) is 17.0 Å². The van der Waals surface area contributed by atoms with Gasteiger partial charge in [-0.15, -0.1) is 0 Å². The number of hydrogen-bond donors (Lipinski definition) is 0. The first-order chi connectivity index (χ1) is 11.1. The minimum atomic E-state index is -0.484. The van der Waals surface area contributed by atoms with Gasteiger partial charge in [-0.25, -0.2) is 9.67 Å². The van der Waals surface area contributed by atoms with E-state index in [-0.39, 0.29) is 11.6 Å². The highest BCUT2D eigenvalue weighted by Gasteiger charge is 2.29. The average Bonchev–Trinajstić information content (AvgIpc) is 2.85. The van der Waals surface area contributed by atoms with Gasteiger partial charge in [-0.05, 0) is 26.2 Å². The second-order valence-electron chi connectivity index (χ2n) is 5.51. The highest BCUT2D eigenvalue weighted by Crippen LogP contribution is 2.36. The fourth-order valence-electron chi connectivity index (χ4n) is 2.71. The van der Waals surface area contributed by atoms with Gasteiger partial charge in [0, 0.05) is 26.2 Å². The third-order valence-corrected chi connectivity index (χ3v) is 3.77. The molecule has 1 aliphatic rings. The molecule has 3 heterocycles. The van der Waals surface area contributed by atoms with Crippen molar-refractivity contribution in [1.29, 1.82) is 0 Å². The topological polar surface area (TPSA) is 99.2 Å². The number of nitro groups is 1. The van der Waals surface area contributed by atoms with E-state index in [4.69, 9.17) is 4.74 Å². The standard InChI is InChI=1S/C14H18N6O3/c1-10-8-11(18(2)17-10)23-14-12(20(21)22)13(15-9-16-14)19-6-4-3-5-7-19/h8-9H,3-7H2,1-2H3. The lowest BCUT2D eigenvalue weighted by Gasteiger charge is -2.27. The quantitative estimate of drug-likeness (QED) is 0.629. The molecule has 0 unspecified atom stereocenters. The summed E-state index contributed by atoms with van der Waals surface area (Å²) in [6, 6.07) is 1.70. The lowest BCUT2D eigenvalue weighted by molar-refractivity contribution is -0.385. The van der Waals surface area contributed by atoms with Crippen LogP contribution in [0.5, 0.6) is 11.8 Å². The Morgan fingerprint density at radius 3 is 2.61 bits per heavy atom. The molecular weight excluding hydrogens is 300 g/mol. The molecule has 0 atom stereocenters. The first-order valence-electron chi connectivity index (χ1n) is 7.49. The Balaban J connectivity index is 1.99. The predicted octanol–water partition coefficient (Wildman–Crippen LogP) is 2.21. The van der Waals surface area contributed by atoms with Crippen LogP contribution in [0.3, 0.4) is 0 Å². The Morgan fingerprint density at radius 1 is 1.26 bits per heavy atom. The van der Waals surface area contributed by atoms with Gasteiger partial charge in [0.1, 0.15) is 6.33 Å². The maximum absolute atomic E-state index is 11.6. The van der Waals surface area contributed by atoms with Crippen LogP contribution in [-0.4, -0.2) is 37.8 Å². The maximum Gasteiger partial charge on any atom is 0.373 e. The van der Waals surface area contributed by atoms with Crippen LogP contribution in [-0.2, 0) is 7.05 Å². The summed E-state index contributed by atoms with van der Waals surface area (Å²) in [4.78, 5) is 21.1. The monoisotopic (exact) mass is 318 g/mol. The summed E-state index contributed by atoms with van der Waals surface area (Å²) in [5.74, 6) is 0.654. The number of aryl methyl sites for hydroxylation is 2. The summed E-state index contributed by atoms with van der Waals surface area (Å²) in [5, 5.41) is 15.7. The first-order valence-corrected chi connectivity index (χ1v) is 7.49. The molecule has 23 heavy (non-hydrogen) atoms. The Kier molecular flexibility index (Phi) is 4.09. The number of nitrogens with zero attached hydrogens (tertiary/aromatic N) is 6. The van der Waals surface area contributed by atoms with Crippen LogP contribution in [0.2, 0.25) is 0 Å². The summed E-state index contributed by atoms with van der Waals surface area (Å²) in [6.45, 7) is 3.32. The van der Waals surface area contributed by atoms with Crippen LogP contribution >= 0.6 is 0 Å². The Morgan fingerprint density at radius 2 is 2.00 bits per heavy atom. The zero-order valence-corrected chi connectivity index (χ0v) is 13.1. The summed E-state index contributed by atoms with van der Waals surface area (Å²) in [5.41, 5.74) is 0.559. The highest BCUT2D eigenvalue weighted by atomic mass is 16.6. The average molecular weight is 318 g/mol. The summed E-state index contributed by atoms with van der Waals surface area (Å²) >= 11 is 0. The van der Waals surface area contributed by atoms with Gasteiger partial charge in [-0.2, -0.15) is 10.1 Å². The van der Waals surface area contributed by atoms with Crippen LogP contribution in [0.1, 0.15) is 25.0 Å². The molecular formula is C14H18N6O3. The van der Waals surface area contributed by atoms with Gasteiger partial charge in [0.05, 0.1) is 10.6 Å². The Hall–Kier alpha value is -2.71. The molecule has 0 aliphatic carbocycles. The zero-order chi connectivity index (χ0) is 16.4. The lowest BCUT2D eigenvalue weighted by Crippen LogP contribution is -2.31. The third kappa shape index (κ3) is 3.08. The third-order valence-electron chi connectivity index (χ3n) is 3.77. The van der Waals surface area contributed by atoms with Gasteiger partial charge in [0.25, 0.3) is 0 Å². The molecule has 1 aliphatic heterocycles. The van der Waals surface area contributed by atoms with Crippen molar-refractivity contribution >= 4 is 11.5 Å². The van der Waals surface area contributed by atoms with E-state index in [2.05, 4.69) is 15.1 Å². The summed E-state index contributed by atoms with van der Waals surface area (Å²) in [6.07, 6.45) is 4.43. The van der Waals surface area contributed by atoms with Crippen LogP contribution in [0.15, 0.2) is 12.4 Å². The molecule has 0 N–H and O–H groups in total. The van der Waals surface area contributed by atoms with Gasteiger partial charge >= 0.3 is 11.6 Å². The molecule has 0 radical (unpaired) electrons. The lowest BCUT2D eigenvalue weighted by atomic mass is 10.1. The molecule has 1 fully saturated rings. The summed E-state index contributed by atoms with van der Waals surface area (Å²) in [7, 11) is 1.71. The van der Waals surface area contributed by atoms with E-state index in [1.165, 1.54) is 11.0 Å². The van der Waals surface area contributed by atoms with Crippen molar-refractivity contribution in [2.45, 2.75) is 26.2 Å². The van der Waals surface area contributed by atoms with Gasteiger partial charge < -0.3 is 9.64 Å². The van der Waals surface area contributed by atoms with Crippen molar-refractivity contribution in [2.75, 3.05) is 18.0 Å². The minimum Gasteiger partial charge on any atom is -0.415 e. The number of anilines is 1. The van der Waals surface area contributed by atoms with Crippen molar-refractivity contribution < 1.29 is 9.66 Å². The van der Waals surface area contributed by atoms with E-state index in [0.29, 0.717) is 11.7 Å². The molecule has 2 aromatic heterocycles. The second kappa shape index (κ2) is 6.19. The van der Waals surface area contributed by atoms with Crippen LogP contribution in [0.4, 0.5) is 11.5 Å². The van der Waals surface area contributed by atoms with Crippen molar-refractivity contribution in [2.24, 2.45) is 7.05 Å². The predicted molar refractivity (Wildman–Crippen MR) is 82.8 cm³/mol. The molecule has 0 aromatic carbocycles. The molecule has 9 heteroatoms. The minimum absolute atomic E-state index is 0.0615. The largest absolute Gasteiger partial charge is 0.415 e. The number of rotatable bonds is 4.